The number of alkyl halides is 1. The number of nitrogens with one attached hydrogen (secondary N) is 2. The van der Waals surface area contributed by atoms with E-state index < -0.39 is 17.3 Å². The lowest BCUT2D eigenvalue weighted by molar-refractivity contribution is -0.149. The molecule has 2 aromatic carbocycles. The molecule has 0 spiro atoms. The minimum absolute atomic E-state index is 0.200. The van der Waals surface area contributed by atoms with E-state index in [1.807, 2.05) is 0 Å². The number of methoxy groups -OCH3 is 1. The molecule has 0 aromatic heterocycles. The molecule has 7 nitrogen and oxygen atoms in total. The molecule has 3 rings (SSSR count). The van der Waals surface area contributed by atoms with Gasteiger partial charge in [0.25, 0.3) is 11.8 Å². The van der Waals surface area contributed by atoms with Crippen molar-refractivity contribution in [2.75, 3.05) is 12.4 Å². The van der Waals surface area contributed by atoms with Gasteiger partial charge in [0.15, 0.2) is 0 Å². The summed E-state index contributed by atoms with van der Waals surface area (Å²) in [6, 6.07) is 13.0. The molecular weight excluding hydrogens is 370 g/mol. The summed E-state index contributed by atoms with van der Waals surface area (Å²) in [7, 11) is 1.57. The number of nitrogens with zero attached hydrogens (tertiary/aromatic N) is 1. The molecule has 1 aliphatic rings. The van der Waals surface area contributed by atoms with Gasteiger partial charge in [-0.05, 0) is 42.0 Å². The highest BCUT2D eigenvalue weighted by atomic mass is 35.5. The minimum Gasteiger partial charge on any atom is -0.497 e. The van der Waals surface area contributed by atoms with Crippen LogP contribution in [0.15, 0.2) is 48.5 Å². The second-order valence-electron chi connectivity index (χ2n) is 6.03. The van der Waals surface area contributed by atoms with E-state index in [4.69, 9.17) is 16.3 Å². The number of hydrazine groups is 1. The molecule has 0 radical (unpaired) electrons. The maximum atomic E-state index is 12.5. The number of hydrogen-bond donors (Lipinski definition) is 2. The van der Waals surface area contributed by atoms with Gasteiger partial charge >= 0.3 is 0 Å². The van der Waals surface area contributed by atoms with Crippen molar-refractivity contribution in [3.8, 4) is 5.75 Å². The summed E-state index contributed by atoms with van der Waals surface area (Å²) in [5.74, 6) is -0.334. The SMILES string of the molecule is COc1ccc([C@H]2[C@@H](Cl)C(=O)N2NC(=O)c2ccc(NC(C)=O)cc2)cc1. The van der Waals surface area contributed by atoms with Crippen molar-refractivity contribution in [1.29, 1.82) is 0 Å². The first kappa shape index (κ1) is 18.7. The lowest BCUT2D eigenvalue weighted by atomic mass is 9.95. The number of carbonyl (C=O) groups is 3. The molecule has 27 heavy (non-hydrogen) atoms. The van der Waals surface area contributed by atoms with Gasteiger partial charge in [-0.15, -0.1) is 11.6 Å². The molecule has 0 bridgehead atoms. The molecule has 0 unspecified atom stereocenters. The van der Waals surface area contributed by atoms with Gasteiger partial charge in [0.2, 0.25) is 5.91 Å². The molecule has 1 heterocycles. The number of β-lactam (4-membered cyclic amide) rings is 1. The van der Waals surface area contributed by atoms with E-state index in [1.54, 1.807) is 55.6 Å². The average molecular weight is 388 g/mol. The molecule has 3 amide bonds. The quantitative estimate of drug-likeness (QED) is 0.609. The number of ether oxygens (including phenoxy) is 1. The van der Waals surface area contributed by atoms with Crippen molar-refractivity contribution in [1.82, 2.24) is 10.4 Å². The smallest absolute Gasteiger partial charge is 0.269 e. The number of amides is 3. The molecule has 1 aliphatic heterocycles. The fourth-order valence-electron chi connectivity index (χ4n) is 2.78. The molecule has 2 atom stereocenters. The van der Waals surface area contributed by atoms with Crippen LogP contribution in [0.5, 0.6) is 5.75 Å². The van der Waals surface area contributed by atoms with Crippen LogP contribution in [0.3, 0.4) is 0 Å². The Hall–Kier alpha value is -3.06. The predicted octanol–water partition coefficient (Wildman–Crippen LogP) is 2.49. The Labute approximate surface area is 161 Å². The first-order valence-corrected chi connectivity index (χ1v) is 8.64. The first-order valence-electron chi connectivity index (χ1n) is 8.20. The highest BCUT2D eigenvalue weighted by molar-refractivity contribution is 6.33. The Bertz CT molecular complexity index is 868. The van der Waals surface area contributed by atoms with E-state index in [0.717, 1.165) is 5.56 Å². The Kier molecular flexibility index (Phi) is 5.32. The molecule has 1 saturated heterocycles. The summed E-state index contributed by atoms with van der Waals surface area (Å²) >= 11 is 6.15. The summed E-state index contributed by atoms with van der Waals surface area (Å²) in [5.41, 5.74) is 4.31. The Balaban J connectivity index is 1.71. The summed E-state index contributed by atoms with van der Waals surface area (Å²) in [6.45, 7) is 1.40. The molecule has 140 valence electrons. The molecule has 0 aliphatic carbocycles. The van der Waals surface area contributed by atoms with E-state index in [2.05, 4.69) is 10.7 Å². The minimum atomic E-state index is -0.749. The molecule has 8 heteroatoms. The largest absolute Gasteiger partial charge is 0.497 e. The van der Waals surface area contributed by atoms with Crippen LogP contribution in [-0.4, -0.2) is 35.2 Å². The summed E-state index contributed by atoms with van der Waals surface area (Å²) in [5, 5.41) is 3.10. The van der Waals surface area contributed by atoms with Crippen molar-refractivity contribution in [2.45, 2.75) is 18.3 Å². The Morgan fingerprint density at radius 1 is 1.07 bits per heavy atom. The van der Waals surface area contributed by atoms with Gasteiger partial charge in [-0.1, -0.05) is 12.1 Å². The zero-order valence-corrected chi connectivity index (χ0v) is 15.5. The third-order valence-corrected chi connectivity index (χ3v) is 4.60. The zero-order valence-electron chi connectivity index (χ0n) is 14.7. The van der Waals surface area contributed by atoms with Gasteiger partial charge in [0, 0.05) is 18.2 Å². The van der Waals surface area contributed by atoms with Crippen LogP contribution >= 0.6 is 11.6 Å². The molecule has 2 aromatic rings. The van der Waals surface area contributed by atoms with Crippen molar-refractivity contribution < 1.29 is 19.1 Å². The van der Waals surface area contributed by atoms with Gasteiger partial charge < -0.3 is 10.1 Å². The van der Waals surface area contributed by atoms with E-state index in [9.17, 15) is 14.4 Å². The average Bonchev–Trinajstić information content (AvgIpc) is 2.67. The van der Waals surface area contributed by atoms with Gasteiger partial charge in [0.05, 0.1) is 7.11 Å². The number of halogens is 1. The second-order valence-corrected chi connectivity index (χ2v) is 6.50. The number of rotatable bonds is 5. The molecular formula is C19H18ClN3O4. The third kappa shape index (κ3) is 3.88. The fourth-order valence-corrected chi connectivity index (χ4v) is 3.14. The summed E-state index contributed by atoms with van der Waals surface area (Å²) in [4.78, 5) is 35.6. The van der Waals surface area contributed by atoms with Gasteiger partial charge in [0.1, 0.15) is 17.2 Å². The standard InChI is InChI=1S/C19H18ClN3O4/c1-11(24)21-14-7-3-13(4-8-14)18(25)22-23-17(16(20)19(23)26)12-5-9-15(27-2)10-6-12/h3-10,16-17H,1-2H3,(H,21,24)(H,22,25)/t16-,17+/m1/s1. The van der Waals surface area contributed by atoms with Crippen molar-refractivity contribution in [3.63, 3.8) is 0 Å². The Morgan fingerprint density at radius 3 is 2.26 bits per heavy atom. The second kappa shape index (κ2) is 7.67. The van der Waals surface area contributed by atoms with Gasteiger partial charge in [-0.25, -0.2) is 5.01 Å². The number of anilines is 1. The highest BCUT2D eigenvalue weighted by Gasteiger charge is 2.48. The molecule has 2 N–H and O–H groups in total. The first-order chi connectivity index (χ1) is 12.9. The number of hydrogen-bond acceptors (Lipinski definition) is 4. The number of carbonyl (C=O) groups excluding carboxylic acids is 3. The zero-order chi connectivity index (χ0) is 19.6. The Morgan fingerprint density at radius 2 is 1.70 bits per heavy atom. The number of benzene rings is 2. The van der Waals surface area contributed by atoms with E-state index >= 15 is 0 Å². The van der Waals surface area contributed by atoms with Crippen molar-refractivity contribution in [3.05, 3.63) is 59.7 Å². The summed E-state index contributed by atoms with van der Waals surface area (Å²) in [6.07, 6.45) is 0. The normalized spacial score (nSPS) is 18.5. The third-order valence-electron chi connectivity index (χ3n) is 4.18. The summed E-state index contributed by atoms with van der Waals surface area (Å²) < 4.78 is 5.12. The van der Waals surface area contributed by atoms with Crippen LogP contribution in [0.25, 0.3) is 0 Å². The van der Waals surface area contributed by atoms with Gasteiger partial charge in [-0.2, -0.15) is 0 Å². The maximum Gasteiger partial charge on any atom is 0.269 e. The van der Waals surface area contributed by atoms with E-state index in [0.29, 0.717) is 17.0 Å². The van der Waals surface area contributed by atoms with Crippen LogP contribution in [0.2, 0.25) is 0 Å². The predicted molar refractivity (Wildman–Crippen MR) is 100 cm³/mol. The van der Waals surface area contributed by atoms with Crippen LogP contribution in [0.4, 0.5) is 5.69 Å². The maximum absolute atomic E-state index is 12.5. The monoisotopic (exact) mass is 387 g/mol. The van der Waals surface area contributed by atoms with Crippen molar-refractivity contribution in [2.24, 2.45) is 0 Å². The molecule has 0 saturated carbocycles. The van der Waals surface area contributed by atoms with Gasteiger partial charge in [-0.3, -0.25) is 19.8 Å². The lowest BCUT2D eigenvalue weighted by Crippen LogP contribution is -2.63. The lowest BCUT2D eigenvalue weighted by Gasteiger charge is -2.43. The topological polar surface area (TPSA) is 87.7 Å². The van der Waals surface area contributed by atoms with Crippen LogP contribution in [0.1, 0.15) is 28.9 Å². The van der Waals surface area contributed by atoms with Crippen LogP contribution in [0, 0.1) is 0 Å². The molecule has 1 fully saturated rings. The van der Waals surface area contributed by atoms with Crippen molar-refractivity contribution >= 4 is 35.0 Å². The van der Waals surface area contributed by atoms with E-state index in [1.165, 1.54) is 11.9 Å². The highest BCUT2D eigenvalue weighted by Crippen LogP contribution is 2.37. The van der Waals surface area contributed by atoms with E-state index in [-0.39, 0.29) is 11.8 Å². The van der Waals surface area contributed by atoms with Crippen LogP contribution < -0.4 is 15.5 Å². The fraction of sp³-hybridized carbons (Fsp3) is 0.211. The van der Waals surface area contributed by atoms with Crippen LogP contribution in [-0.2, 0) is 9.59 Å².